The number of amides is 1. The molecule has 0 fully saturated rings. The second-order valence-corrected chi connectivity index (χ2v) is 3.77. The molecule has 0 aliphatic heterocycles. The predicted octanol–water partition coefficient (Wildman–Crippen LogP) is 0.143. The third-order valence-electron chi connectivity index (χ3n) is 2.34. The van der Waals surface area contributed by atoms with E-state index in [-0.39, 0.29) is 0 Å². The molecule has 0 spiro atoms. The highest BCUT2D eigenvalue weighted by molar-refractivity contribution is 5.74. The van der Waals surface area contributed by atoms with Crippen LogP contribution in [0.25, 0.3) is 0 Å². The second-order valence-electron chi connectivity index (χ2n) is 3.77. The van der Waals surface area contributed by atoms with E-state index in [4.69, 9.17) is 5.73 Å². The summed E-state index contributed by atoms with van der Waals surface area (Å²) < 4.78 is 26.6. The zero-order chi connectivity index (χ0) is 14.7. The lowest BCUT2D eigenvalue weighted by Crippen LogP contribution is -2.25. The topological polar surface area (TPSA) is 127 Å². The molecule has 1 aromatic carbocycles. The fourth-order valence-corrected chi connectivity index (χ4v) is 1.47. The number of primary amides is 1. The molecule has 0 aliphatic rings. The number of aliphatic hydroxyl groups is 2. The SMILES string of the molecule is NC(=O)CC(O)C(O)c1cc(F)c([N+](=O)[O-])c(F)c1. The highest BCUT2D eigenvalue weighted by Crippen LogP contribution is 2.27. The lowest BCUT2D eigenvalue weighted by atomic mass is 10.0. The molecule has 9 heteroatoms. The van der Waals surface area contributed by atoms with Crippen LogP contribution in [0.4, 0.5) is 14.5 Å². The number of carbonyl (C=O) groups is 1. The van der Waals surface area contributed by atoms with Gasteiger partial charge in [0.05, 0.1) is 17.4 Å². The van der Waals surface area contributed by atoms with Crippen molar-refractivity contribution in [2.75, 3.05) is 0 Å². The van der Waals surface area contributed by atoms with Gasteiger partial charge in [0, 0.05) is 0 Å². The smallest absolute Gasteiger partial charge is 0.340 e. The van der Waals surface area contributed by atoms with E-state index in [0.717, 1.165) is 0 Å². The number of halogens is 2. The minimum absolute atomic E-state index is 0.436. The standard InChI is InChI=1S/C10H10F2N2O5/c11-5-1-4(2-6(12)9(5)14(18)19)10(17)7(15)3-8(13)16/h1-2,7,10,15,17H,3H2,(H2,13,16). The van der Waals surface area contributed by atoms with Crippen molar-refractivity contribution in [1.29, 1.82) is 0 Å². The third-order valence-corrected chi connectivity index (χ3v) is 2.34. The van der Waals surface area contributed by atoms with Crippen LogP contribution in [0, 0.1) is 21.7 Å². The summed E-state index contributed by atoms with van der Waals surface area (Å²) in [5.41, 5.74) is 2.99. The first-order chi connectivity index (χ1) is 8.73. The Bertz CT molecular complexity index is 500. The van der Waals surface area contributed by atoms with Gasteiger partial charge in [-0.25, -0.2) is 0 Å². The number of carbonyl (C=O) groups excluding carboxylic acids is 1. The van der Waals surface area contributed by atoms with Gasteiger partial charge in [0.25, 0.3) is 0 Å². The maximum Gasteiger partial charge on any atom is 0.340 e. The molecule has 0 saturated carbocycles. The van der Waals surface area contributed by atoms with Crippen LogP contribution in [0.1, 0.15) is 18.1 Å². The Kier molecular flexibility index (Phi) is 4.46. The molecule has 104 valence electrons. The van der Waals surface area contributed by atoms with Crippen molar-refractivity contribution in [3.05, 3.63) is 39.4 Å². The van der Waals surface area contributed by atoms with Crippen molar-refractivity contribution in [1.82, 2.24) is 0 Å². The first kappa shape index (κ1) is 14.9. The number of hydrogen-bond donors (Lipinski definition) is 3. The molecule has 1 amide bonds. The van der Waals surface area contributed by atoms with E-state index in [1.165, 1.54) is 0 Å². The number of aliphatic hydroxyl groups excluding tert-OH is 2. The largest absolute Gasteiger partial charge is 0.390 e. The zero-order valence-electron chi connectivity index (χ0n) is 9.42. The highest BCUT2D eigenvalue weighted by Gasteiger charge is 2.27. The quantitative estimate of drug-likeness (QED) is 0.521. The fraction of sp³-hybridized carbons (Fsp3) is 0.300. The number of nitrogens with zero attached hydrogens (tertiary/aromatic N) is 1. The molecule has 4 N–H and O–H groups in total. The van der Waals surface area contributed by atoms with Crippen molar-refractivity contribution < 1.29 is 28.7 Å². The van der Waals surface area contributed by atoms with Crippen LogP contribution in [0.15, 0.2) is 12.1 Å². The first-order valence-electron chi connectivity index (χ1n) is 5.01. The summed E-state index contributed by atoms with van der Waals surface area (Å²) in [6.45, 7) is 0. The maximum absolute atomic E-state index is 13.3. The van der Waals surface area contributed by atoms with Gasteiger partial charge in [-0.1, -0.05) is 0 Å². The Labute approximate surface area is 105 Å². The van der Waals surface area contributed by atoms with Crippen molar-refractivity contribution in [3.63, 3.8) is 0 Å². The van der Waals surface area contributed by atoms with Gasteiger partial charge in [-0.2, -0.15) is 8.78 Å². The molecular weight excluding hydrogens is 266 g/mol. The van der Waals surface area contributed by atoms with Gasteiger partial charge >= 0.3 is 5.69 Å². The van der Waals surface area contributed by atoms with E-state index >= 15 is 0 Å². The average molecular weight is 276 g/mol. The van der Waals surface area contributed by atoms with Gasteiger partial charge in [0.2, 0.25) is 17.5 Å². The predicted molar refractivity (Wildman–Crippen MR) is 57.8 cm³/mol. The van der Waals surface area contributed by atoms with E-state index in [9.17, 15) is 33.9 Å². The summed E-state index contributed by atoms with van der Waals surface area (Å²) in [5.74, 6) is -3.91. The van der Waals surface area contributed by atoms with Crippen LogP contribution < -0.4 is 5.73 Å². The fourth-order valence-electron chi connectivity index (χ4n) is 1.47. The molecule has 2 atom stereocenters. The Morgan fingerprint density at radius 2 is 1.84 bits per heavy atom. The molecule has 0 heterocycles. The lowest BCUT2D eigenvalue weighted by Gasteiger charge is -2.16. The van der Waals surface area contributed by atoms with Gasteiger partial charge in [0.15, 0.2) is 0 Å². The number of benzene rings is 1. The van der Waals surface area contributed by atoms with Gasteiger partial charge in [-0.3, -0.25) is 14.9 Å². The van der Waals surface area contributed by atoms with Crippen LogP contribution in [0.3, 0.4) is 0 Å². The van der Waals surface area contributed by atoms with Crippen molar-refractivity contribution in [2.45, 2.75) is 18.6 Å². The van der Waals surface area contributed by atoms with Gasteiger partial charge in [0.1, 0.15) is 6.10 Å². The molecule has 0 radical (unpaired) electrons. The van der Waals surface area contributed by atoms with Crippen LogP contribution >= 0.6 is 0 Å². The first-order valence-corrected chi connectivity index (χ1v) is 5.01. The minimum Gasteiger partial charge on any atom is -0.390 e. The van der Waals surface area contributed by atoms with Gasteiger partial charge in [-0.15, -0.1) is 0 Å². The summed E-state index contributed by atoms with van der Waals surface area (Å²) in [7, 11) is 0. The molecule has 0 aliphatic carbocycles. The van der Waals surface area contributed by atoms with Gasteiger partial charge in [-0.05, 0) is 17.7 Å². The summed E-state index contributed by atoms with van der Waals surface area (Å²) in [6, 6.07) is 1.02. The molecule has 1 aromatic rings. The second kappa shape index (κ2) is 5.67. The average Bonchev–Trinajstić information content (AvgIpc) is 2.25. The number of rotatable bonds is 5. The molecule has 2 unspecified atom stereocenters. The number of hydrogen-bond acceptors (Lipinski definition) is 5. The summed E-state index contributed by atoms with van der Waals surface area (Å²) in [5, 5.41) is 29.3. The normalized spacial score (nSPS) is 13.9. The zero-order valence-corrected chi connectivity index (χ0v) is 9.42. The van der Waals surface area contributed by atoms with E-state index in [2.05, 4.69) is 0 Å². The molecule has 7 nitrogen and oxygen atoms in total. The molecule has 19 heavy (non-hydrogen) atoms. The van der Waals surface area contributed by atoms with Crippen LogP contribution in [0.5, 0.6) is 0 Å². The summed E-state index contributed by atoms with van der Waals surface area (Å²) in [4.78, 5) is 19.6. The van der Waals surface area contributed by atoms with E-state index in [1.807, 2.05) is 0 Å². The van der Waals surface area contributed by atoms with Gasteiger partial charge < -0.3 is 15.9 Å². The molecular formula is C10H10F2N2O5. The molecule has 0 saturated heterocycles. The summed E-state index contributed by atoms with van der Waals surface area (Å²) in [6.07, 6.45) is -4.09. The summed E-state index contributed by atoms with van der Waals surface area (Å²) >= 11 is 0. The Hall–Kier alpha value is -2.13. The maximum atomic E-state index is 13.3. The molecule has 0 aromatic heterocycles. The van der Waals surface area contributed by atoms with Crippen molar-refractivity contribution in [3.8, 4) is 0 Å². The molecule has 1 rings (SSSR count). The van der Waals surface area contributed by atoms with Crippen LogP contribution in [0.2, 0.25) is 0 Å². The Balaban J connectivity index is 3.09. The van der Waals surface area contributed by atoms with E-state index in [0.29, 0.717) is 12.1 Å². The molecule has 0 bridgehead atoms. The Morgan fingerprint density at radius 1 is 1.37 bits per heavy atom. The van der Waals surface area contributed by atoms with Crippen molar-refractivity contribution >= 4 is 11.6 Å². The number of nitro groups is 1. The number of nitro benzene ring substituents is 1. The highest BCUT2D eigenvalue weighted by atomic mass is 19.1. The number of nitrogens with two attached hydrogens (primary N) is 1. The Morgan fingerprint density at radius 3 is 2.21 bits per heavy atom. The van der Waals surface area contributed by atoms with E-state index in [1.54, 1.807) is 0 Å². The third kappa shape index (κ3) is 3.42. The minimum atomic E-state index is -1.79. The monoisotopic (exact) mass is 276 g/mol. The van der Waals surface area contributed by atoms with Crippen LogP contribution in [-0.4, -0.2) is 27.1 Å². The van der Waals surface area contributed by atoms with Crippen molar-refractivity contribution in [2.24, 2.45) is 5.73 Å². The lowest BCUT2D eigenvalue weighted by molar-refractivity contribution is -0.390. The van der Waals surface area contributed by atoms with E-state index < -0.39 is 52.3 Å². The van der Waals surface area contributed by atoms with Crippen LogP contribution in [-0.2, 0) is 4.79 Å².